The van der Waals surface area contributed by atoms with Crippen LogP contribution in [-0.2, 0) is 4.79 Å². The molecule has 8 heteroatoms. The molecular weight excluding hydrogens is 264 g/mol. The minimum absolute atomic E-state index is 0.128. The van der Waals surface area contributed by atoms with E-state index in [0.29, 0.717) is 11.3 Å². The number of nitrogens with zero attached hydrogens (tertiary/aromatic N) is 1. The van der Waals surface area contributed by atoms with Gasteiger partial charge in [0.15, 0.2) is 0 Å². The van der Waals surface area contributed by atoms with Crippen molar-refractivity contribution in [3.63, 3.8) is 0 Å². The fraction of sp³-hybridized carbons (Fsp3) is 0.167. The number of nitro benzene ring substituents is 1. The molecule has 0 fully saturated rings. The van der Waals surface area contributed by atoms with E-state index < -0.39 is 22.9 Å². The van der Waals surface area contributed by atoms with E-state index in [1.807, 2.05) is 0 Å². The zero-order valence-electron chi connectivity index (χ0n) is 10.5. The van der Waals surface area contributed by atoms with Crippen LogP contribution in [-0.4, -0.2) is 16.9 Å². The normalized spacial score (nSPS) is 18.2. The molecule has 0 radical (unpaired) electrons. The number of benzene rings is 1. The number of amides is 3. The number of hydrogen-bond acceptors (Lipinski definition) is 4. The Morgan fingerprint density at radius 3 is 2.75 bits per heavy atom. The predicted molar refractivity (Wildman–Crippen MR) is 69.4 cm³/mol. The maximum absolute atomic E-state index is 11.5. The number of carbonyl (C=O) groups excluding carboxylic acids is 2. The molecule has 0 aromatic heterocycles. The van der Waals surface area contributed by atoms with Gasteiger partial charge in [-0.05, 0) is 12.5 Å². The molecule has 1 atom stereocenters. The van der Waals surface area contributed by atoms with Gasteiger partial charge in [0.05, 0.1) is 16.5 Å². The molecule has 0 saturated heterocycles. The van der Waals surface area contributed by atoms with Crippen molar-refractivity contribution in [3.05, 3.63) is 51.2 Å². The van der Waals surface area contributed by atoms with Gasteiger partial charge < -0.3 is 16.4 Å². The largest absolute Gasteiger partial charge is 0.366 e. The first kappa shape index (κ1) is 13.5. The van der Waals surface area contributed by atoms with E-state index in [9.17, 15) is 19.7 Å². The first-order chi connectivity index (χ1) is 9.40. The lowest BCUT2D eigenvalue weighted by molar-refractivity contribution is -0.384. The van der Waals surface area contributed by atoms with Crippen LogP contribution in [0.25, 0.3) is 0 Å². The van der Waals surface area contributed by atoms with Crippen LogP contribution < -0.4 is 16.4 Å². The third-order valence-electron chi connectivity index (χ3n) is 2.95. The minimum atomic E-state index is -0.804. The molecule has 0 bridgehead atoms. The molecule has 4 N–H and O–H groups in total. The molecule has 1 aliphatic heterocycles. The van der Waals surface area contributed by atoms with Crippen molar-refractivity contribution in [2.45, 2.75) is 13.0 Å². The number of nitrogens with one attached hydrogen (secondary N) is 2. The summed E-state index contributed by atoms with van der Waals surface area (Å²) in [5, 5.41) is 15.8. The van der Waals surface area contributed by atoms with Gasteiger partial charge in [-0.3, -0.25) is 14.9 Å². The van der Waals surface area contributed by atoms with Gasteiger partial charge >= 0.3 is 6.03 Å². The van der Waals surface area contributed by atoms with Gasteiger partial charge in [0.2, 0.25) is 5.91 Å². The molecular formula is C12H12N4O4. The number of non-ortho nitro benzene ring substituents is 1. The smallest absolute Gasteiger partial charge is 0.319 e. The summed E-state index contributed by atoms with van der Waals surface area (Å²) in [5.74, 6) is -0.702. The number of allylic oxidation sites excluding steroid dienone is 1. The molecule has 1 aliphatic rings. The second kappa shape index (κ2) is 5.00. The zero-order chi connectivity index (χ0) is 14.9. The van der Waals surface area contributed by atoms with Crippen LogP contribution in [0.4, 0.5) is 10.5 Å². The van der Waals surface area contributed by atoms with E-state index in [-0.39, 0.29) is 11.3 Å². The molecule has 104 valence electrons. The number of nitro groups is 1. The highest BCUT2D eigenvalue weighted by atomic mass is 16.6. The Bertz CT molecular complexity index is 638. The maximum Gasteiger partial charge on any atom is 0.319 e. The van der Waals surface area contributed by atoms with E-state index in [1.54, 1.807) is 13.0 Å². The predicted octanol–water partition coefficient (Wildman–Crippen LogP) is 0.708. The Morgan fingerprint density at radius 2 is 2.15 bits per heavy atom. The van der Waals surface area contributed by atoms with Gasteiger partial charge in [0.1, 0.15) is 0 Å². The van der Waals surface area contributed by atoms with Crippen LogP contribution >= 0.6 is 0 Å². The van der Waals surface area contributed by atoms with Gasteiger partial charge in [-0.2, -0.15) is 0 Å². The maximum atomic E-state index is 11.5. The van der Waals surface area contributed by atoms with Gasteiger partial charge in [0, 0.05) is 17.8 Å². The SMILES string of the molecule is CC1=C(C(N)=O)[C@@H](c2cccc([N+](=O)[O-])c2)NC(=O)N1. The van der Waals surface area contributed by atoms with Crippen molar-refractivity contribution in [2.24, 2.45) is 5.73 Å². The summed E-state index contributed by atoms with van der Waals surface area (Å²) >= 11 is 0. The number of hydrogen-bond donors (Lipinski definition) is 3. The highest BCUT2D eigenvalue weighted by molar-refractivity contribution is 5.97. The summed E-state index contributed by atoms with van der Waals surface area (Å²) in [5.41, 5.74) is 6.10. The second-order valence-corrected chi connectivity index (χ2v) is 4.29. The van der Waals surface area contributed by atoms with Crippen molar-refractivity contribution in [3.8, 4) is 0 Å². The van der Waals surface area contributed by atoms with Crippen LogP contribution in [0.15, 0.2) is 35.5 Å². The quantitative estimate of drug-likeness (QED) is 0.554. The number of primary amides is 1. The fourth-order valence-electron chi connectivity index (χ4n) is 2.09. The van der Waals surface area contributed by atoms with Gasteiger partial charge in [-0.15, -0.1) is 0 Å². The topological polar surface area (TPSA) is 127 Å². The number of urea groups is 1. The Morgan fingerprint density at radius 1 is 1.45 bits per heavy atom. The van der Waals surface area contributed by atoms with Crippen LogP contribution in [0.3, 0.4) is 0 Å². The summed E-state index contributed by atoms with van der Waals surface area (Å²) in [4.78, 5) is 33.2. The molecule has 0 saturated carbocycles. The third kappa shape index (κ3) is 2.44. The van der Waals surface area contributed by atoms with E-state index in [2.05, 4.69) is 10.6 Å². The summed E-state index contributed by atoms with van der Waals surface area (Å²) in [6, 6.07) is 4.39. The molecule has 3 amide bonds. The number of nitrogens with two attached hydrogens (primary N) is 1. The molecule has 1 aromatic rings. The first-order valence-electron chi connectivity index (χ1n) is 5.72. The Balaban J connectivity index is 2.51. The van der Waals surface area contributed by atoms with Crippen molar-refractivity contribution < 1.29 is 14.5 Å². The Hall–Kier alpha value is -2.90. The summed E-state index contributed by atoms with van der Waals surface area (Å²) in [6.45, 7) is 1.54. The fourth-order valence-corrected chi connectivity index (χ4v) is 2.09. The summed E-state index contributed by atoms with van der Waals surface area (Å²) in [7, 11) is 0. The lowest BCUT2D eigenvalue weighted by Crippen LogP contribution is -2.46. The highest BCUT2D eigenvalue weighted by Gasteiger charge is 2.30. The number of carbonyl (C=O) groups is 2. The highest BCUT2D eigenvalue weighted by Crippen LogP contribution is 2.28. The van der Waals surface area contributed by atoms with Crippen LogP contribution in [0.1, 0.15) is 18.5 Å². The van der Waals surface area contributed by atoms with E-state index in [1.165, 1.54) is 18.2 Å². The lowest BCUT2D eigenvalue weighted by atomic mass is 9.95. The minimum Gasteiger partial charge on any atom is -0.366 e. The molecule has 8 nitrogen and oxygen atoms in total. The average molecular weight is 276 g/mol. The molecule has 2 rings (SSSR count). The standard InChI is InChI=1S/C12H12N4O4/c1-6-9(11(13)17)10(15-12(18)14-6)7-3-2-4-8(5-7)16(19)20/h2-5,10H,1H3,(H2,13,17)(H2,14,15,18)/t10-/m1/s1. The van der Waals surface area contributed by atoms with Crippen molar-refractivity contribution in [1.29, 1.82) is 0 Å². The molecule has 0 unspecified atom stereocenters. The second-order valence-electron chi connectivity index (χ2n) is 4.29. The van der Waals surface area contributed by atoms with E-state index in [0.717, 1.165) is 0 Å². The molecule has 20 heavy (non-hydrogen) atoms. The summed E-state index contributed by atoms with van der Waals surface area (Å²) in [6.07, 6.45) is 0. The van der Waals surface area contributed by atoms with Crippen molar-refractivity contribution >= 4 is 17.6 Å². The third-order valence-corrected chi connectivity index (χ3v) is 2.95. The van der Waals surface area contributed by atoms with E-state index >= 15 is 0 Å². The molecule has 1 aromatic carbocycles. The van der Waals surface area contributed by atoms with Crippen LogP contribution in [0, 0.1) is 10.1 Å². The first-order valence-corrected chi connectivity index (χ1v) is 5.72. The molecule has 0 aliphatic carbocycles. The van der Waals surface area contributed by atoms with Crippen molar-refractivity contribution in [2.75, 3.05) is 0 Å². The van der Waals surface area contributed by atoms with Gasteiger partial charge in [-0.1, -0.05) is 12.1 Å². The van der Waals surface area contributed by atoms with E-state index in [4.69, 9.17) is 5.73 Å². The van der Waals surface area contributed by atoms with Gasteiger partial charge in [0.25, 0.3) is 5.69 Å². The Labute approximate surface area is 113 Å². The van der Waals surface area contributed by atoms with Crippen LogP contribution in [0.5, 0.6) is 0 Å². The van der Waals surface area contributed by atoms with Gasteiger partial charge in [-0.25, -0.2) is 4.79 Å². The number of rotatable bonds is 3. The lowest BCUT2D eigenvalue weighted by Gasteiger charge is -2.27. The Kier molecular flexibility index (Phi) is 3.38. The molecule has 1 heterocycles. The van der Waals surface area contributed by atoms with Crippen molar-refractivity contribution in [1.82, 2.24) is 10.6 Å². The van der Waals surface area contributed by atoms with Crippen LogP contribution in [0.2, 0.25) is 0 Å². The zero-order valence-corrected chi connectivity index (χ0v) is 10.5. The average Bonchev–Trinajstić information content (AvgIpc) is 2.37. The molecule has 0 spiro atoms. The monoisotopic (exact) mass is 276 g/mol. The summed E-state index contributed by atoms with van der Waals surface area (Å²) < 4.78 is 0.